The van der Waals surface area contributed by atoms with Crippen LogP contribution in [0.1, 0.15) is 39.0 Å². The van der Waals surface area contributed by atoms with E-state index in [9.17, 15) is 0 Å². The van der Waals surface area contributed by atoms with Crippen molar-refractivity contribution in [3.05, 3.63) is 0 Å². The number of ether oxygens (including phenoxy) is 1. The second-order valence-corrected chi connectivity index (χ2v) is 8.05. The Morgan fingerprint density at radius 1 is 1.12 bits per heavy atom. The molecule has 0 radical (unpaired) electrons. The molecule has 1 rings (SSSR count). The predicted octanol–water partition coefficient (Wildman–Crippen LogP) is 1.60. The standard InChI is InChI=1S/C11H24O3Si.ClH.H4Si/c1-5-8-11(12-2)9-6-7-10-15(11,13-3)14-4;;/h5-10H2,1-4H3;1H;1H4. The fraction of sp³-hybridized carbons (Fsp3) is 1.00. The lowest BCUT2D eigenvalue weighted by Crippen LogP contribution is -2.64. The van der Waals surface area contributed by atoms with Crippen LogP contribution in [0.25, 0.3) is 0 Å². The first-order valence-corrected chi connectivity index (χ1v) is 7.88. The van der Waals surface area contributed by atoms with Crippen LogP contribution in [0.5, 0.6) is 0 Å². The van der Waals surface area contributed by atoms with E-state index in [4.69, 9.17) is 13.6 Å². The fourth-order valence-corrected chi connectivity index (χ4v) is 6.91. The highest BCUT2D eigenvalue weighted by Crippen LogP contribution is 2.42. The van der Waals surface area contributed by atoms with Crippen LogP contribution in [-0.4, -0.2) is 46.1 Å². The molecule has 1 fully saturated rings. The monoisotopic (exact) mass is 300 g/mol. The van der Waals surface area contributed by atoms with Crippen LogP contribution in [0, 0.1) is 0 Å². The Bertz CT molecular complexity index is 199. The molecule has 0 amide bonds. The summed E-state index contributed by atoms with van der Waals surface area (Å²) in [6.45, 7) is 2.19. The Labute approximate surface area is 117 Å². The number of hydrogen-bond acceptors (Lipinski definition) is 3. The lowest BCUT2D eigenvalue weighted by molar-refractivity contribution is -0.0149. The van der Waals surface area contributed by atoms with Crippen molar-refractivity contribution in [1.82, 2.24) is 0 Å². The van der Waals surface area contributed by atoms with E-state index in [1.165, 1.54) is 12.8 Å². The van der Waals surface area contributed by atoms with Gasteiger partial charge in [0.05, 0.1) is 0 Å². The third kappa shape index (κ3) is 3.55. The summed E-state index contributed by atoms with van der Waals surface area (Å²) in [5, 5.41) is -0.122. The quantitative estimate of drug-likeness (QED) is 0.722. The van der Waals surface area contributed by atoms with Gasteiger partial charge in [0.25, 0.3) is 0 Å². The molecule has 106 valence electrons. The molecular formula is C11H29ClO3Si2. The van der Waals surface area contributed by atoms with Crippen molar-refractivity contribution in [2.75, 3.05) is 21.3 Å². The molecule has 0 bridgehead atoms. The van der Waals surface area contributed by atoms with Crippen LogP contribution in [0.2, 0.25) is 6.04 Å². The van der Waals surface area contributed by atoms with Crippen molar-refractivity contribution in [3.63, 3.8) is 0 Å². The van der Waals surface area contributed by atoms with E-state index in [-0.39, 0.29) is 28.6 Å². The maximum absolute atomic E-state index is 5.83. The summed E-state index contributed by atoms with van der Waals surface area (Å²) >= 11 is 0. The zero-order valence-corrected chi connectivity index (χ0v) is 12.7. The van der Waals surface area contributed by atoms with Crippen molar-refractivity contribution in [2.45, 2.75) is 50.3 Å². The van der Waals surface area contributed by atoms with E-state index in [1.54, 1.807) is 21.3 Å². The van der Waals surface area contributed by atoms with Crippen molar-refractivity contribution in [3.8, 4) is 0 Å². The highest BCUT2D eigenvalue weighted by Gasteiger charge is 2.58. The minimum atomic E-state index is -2.15. The Hall–Kier alpha value is 0.604. The van der Waals surface area contributed by atoms with E-state index < -0.39 is 8.56 Å². The van der Waals surface area contributed by atoms with E-state index in [2.05, 4.69) is 6.92 Å². The lowest BCUT2D eigenvalue weighted by Gasteiger charge is -2.47. The Morgan fingerprint density at radius 2 is 1.71 bits per heavy atom. The first kappa shape index (κ1) is 19.9. The molecule has 1 aliphatic heterocycles. The maximum atomic E-state index is 5.83. The lowest BCUT2D eigenvalue weighted by atomic mass is 10.1. The number of methoxy groups -OCH3 is 1. The molecule has 1 heterocycles. The first-order chi connectivity index (χ1) is 7.20. The van der Waals surface area contributed by atoms with Gasteiger partial charge >= 0.3 is 8.56 Å². The van der Waals surface area contributed by atoms with Gasteiger partial charge in [0.2, 0.25) is 0 Å². The minimum absolute atomic E-state index is 0. The summed E-state index contributed by atoms with van der Waals surface area (Å²) in [4.78, 5) is 0. The third-order valence-corrected chi connectivity index (χ3v) is 8.16. The molecule has 3 nitrogen and oxygen atoms in total. The summed E-state index contributed by atoms with van der Waals surface area (Å²) in [5.41, 5.74) is 0. The molecule has 6 heteroatoms. The zero-order chi connectivity index (χ0) is 11.4. The summed E-state index contributed by atoms with van der Waals surface area (Å²) in [6, 6.07) is 1.06. The van der Waals surface area contributed by atoms with E-state index in [1.807, 2.05) is 0 Å². The van der Waals surface area contributed by atoms with Gasteiger partial charge in [-0.1, -0.05) is 26.2 Å². The molecule has 1 aliphatic rings. The van der Waals surface area contributed by atoms with Gasteiger partial charge in [-0.05, 0) is 29.9 Å². The summed E-state index contributed by atoms with van der Waals surface area (Å²) in [5.74, 6) is 0. The maximum Gasteiger partial charge on any atom is 0.370 e. The summed E-state index contributed by atoms with van der Waals surface area (Å²) < 4.78 is 17.4. The van der Waals surface area contributed by atoms with Gasteiger partial charge < -0.3 is 13.6 Å². The van der Waals surface area contributed by atoms with E-state index in [0.717, 1.165) is 25.3 Å². The minimum Gasteiger partial charge on any atom is -0.396 e. The average molecular weight is 301 g/mol. The second-order valence-electron chi connectivity index (χ2n) is 4.32. The van der Waals surface area contributed by atoms with Crippen LogP contribution >= 0.6 is 12.4 Å². The van der Waals surface area contributed by atoms with Gasteiger partial charge in [-0.15, -0.1) is 12.4 Å². The van der Waals surface area contributed by atoms with E-state index in [0.29, 0.717) is 0 Å². The van der Waals surface area contributed by atoms with Gasteiger partial charge in [-0.2, -0.15) is 0 Å². The van der Waals surface area contributed by atoms with Gasteiger partial charge in [0.15, 0.2) is 0 Å². The molecule has 1 atom stereocenters. The van der Waals surface area contributed by atoms with Gasteiger partial charge in [-0.25, -0.2) is 0 Å². The van der Waals surface area contributed by atoms with E-state index >= 15 is 0 Å². The Morgan fingerprint density at radius 3 is 2.12 bits per heavy atom. The fourth-order valence-electron chi connectivity index (χ4n) is 2.92. The van der Waals surface area contributed by atoms with Gasteiger partial charge in [0.1, 0.15) is 5.22 Å². The number of halogens is 1. The second kappa shape index (κ2) is 8.66. The summed E-state index contributed by atoms with van der Waals surface area (Å²) in [6.07, 6.45) is 5.70. The molecule has 0 spiro atoms. The molecule has 0 aromatic rings. The third-order valence-electron chi connectivity index (χ3n) is 3.73. The largest absolute Gasteiger partial charge is 0.396 e. The van der Waals surface area contributed by atoms with Crippen LogP contribution in [-0.2, 0) is 13.6 Å². The predicted molar refractivity (Wildman–Crippen MR) is 81.7 cm³/mol. The summed E-state index contributed by atoms with van der Waals surface area (Å²) in [7, 11) is 3.22. The zero-order valence-electron chi connectivity index (χ0n) is 10.9. The van der Waals surface area contributed by atoms with Gasteiger partial charge in [-0.3, -0.25) is 0 Å². The highest BCUT2D eigenvalue weighted by atomic mass is 35.5. The van der Waals surface area contributed by atoms with Crippen molar-refractivity contribution < 1.29 is 13.6 Å². The molecule has 1 unspecified atom stereocenters. The number of hydrogen-bond donors (Lipinski definition) is 0. The van der Waals surface area contributed by atoms with Gasteiger partial charge in [0, 0.05) is 21.3 Å². The Kier molecular flexibility index (Phi) is 10.2. The number of rotatable bonds is 5. The molecule has 1 saturated heterocycles. The van der Waals surface area contributed by atoms with Crippen LogP contribution < -0.4 is 0 Å². The highest BCUT2D eigenvalue weighted by molar-refractivity contribution is 6.70. The topological polar surface area (TPSA) is 27.7 Å². The smallest absolute Gasteiger partial charge is 0.370 e. The molecule has 0 aliphatic carbocycles. The van der Waals surface area contributed by atoms with Crippen molar-refractivity contribution in [1.29, 1.82) is 0 Å². The molecule has 0 N–H and O–H groups in total. The SMILES string of the molecule is CCCC1(OC)CCCC[Si]1(OC)OC.Cl.[SiH4]. The molecule has 0 aromatic carbocycles. The van der Waals surface area contributed by atoms with Crippen molar-refractivity contribution >= 4 is 31.9 Å². The molecular weight excluding hydrogens is 272 g/mol. The first-order valence-electron chi connectivity index (χ1n) is 5.85. The average Bonchev–Trinajstić information content (AvgIpc) is 2.30. The van der Waals surface area contributed by atoms with Crippen LogP contribution in [0.4, 0.5) is 0 Å². The molecule has 17 heavy (non-hydrogen) atoms. The molecule has 0 saturated carbocycles. The normalized spacial score (nSPS) is 26.8. The van der Waals surface area contributed by atoms with Crippen LogP contribution in [0.3, 0.4) is 0 Å². The van der Waals surface area contributed by atoms with Crippen molar-refractivity contribution in [2.24, 2.45) is 0 Å². The molecule has 0 aromatic heterocycles. The Balaban J connectivity index is 0. The van der Waals surface area contributed by atoms with Crippen LogP contribution in [0.15, 0.2) is 0 Å².